The number of carbonyl (C=O) groups is 1. The van der Waals surface area contributed by atoms with Crippen LogP contribution in [0.2, 0.25) is 0 Å². The van der Waals surface area contributed by atoms with Gasteiger partial charge in [-0.3, -0.25) is 4.79 Å². The molecule has 1 fully saturated rings. The summed E-state index contributed by atoms with van der Waals surface area (Å²) in [5.41, 5.74) is 6.65. The van der Waals surface area contributed by atoms with Gasteiger partial charge in [-0.2, -0.15) is 13.2 Å². The zero-order valence-corrected chi connectivity index (χ0v) is 14.1. The molecule has 2 aromatic carbocycles. The van der Waals surface area contributed by atoms with Crippen LogP contribution in [0.1, 0.15) is 17.2 Å². The third-order valence-corrected chi connectivity index (χ3v) is 4.55. The van der Waals surface area contributed by atoms with Gasteiger partial charge in [0.2, 0.25) is 5.91 Å². The molecule has 1 aliphatic rings. The average molecular weight is 363 g/mol. The van der Waals surface area contributed by atoms with E-state index in [0.717, 1.165) is 17.7 Å². The number of nitrogens with two attached hydrogens (primary N) is 1. The van der Waals surface area contributed by atoms with E-state index in [-0.39, 0.29) is 5.91 Å². The van der Waals surface area contributed by atoms with Crippen molar-refractivity contribution < 1.29 is 18.0 Å². The normalized spacial score (nSPS) is 16.5. The highest BCUT2D eigenvalue weighted by Crippen LogP contribution is 2.32. The number of hydrogen-bond acceptors (Lipinski definition) is 3. The standard InChI is InChI=1S/C19H20F3N3O/c20-19(21,22)15-7-4-8-16(13-15)24-9-11-25(12-10-24)18(26)17(23)14-5-2-1-3-6-14/h1-8,13,17H,9-12,23H2. The van der Waals surface area contributed by atoms with E-state index >= 15 is 0 Å². The molecule has 1 saturated heterocycles. The van der Waals surface area contributed by atoms with Gasteiger partial charge in [-0.1, -0.05) is 36.4 Å². The molecule has 0 bridgehead atoms. The van der Waals surface area contributed by atoms with E-state index in [4.69, 9.17) is 5.73 Å². The molecule has 3 rings (SSSR count). The van der Waals surface area contributed by atoms with Gasteiger partial charge < -0.3 is 15.5 Å². The Hall–Kier alpha value is -2.54. The first-order chi connectivity index (χ1) is 12.4. The van der Waals surface area contributed by atoms with Gasteiger partial charge in [0.05, 0.1) is 5.56 Å². The van der Waals surface area contributed by atoms with Crippen molar-refractivity contribution in [2.75, 3.05) is 31.1 Å². The van der Waals surface area contributed by atoms with Crippen molar-refractivity contribution >= 4 is 11.6 Å². The smallest absolute Gasteiger partial charge is 0.368 e. The number of rotatable bonds is 3. The number of amides is 1. The van der Waals surface area contributed by atoms with Crippen molar-refractivity contribution in [3.63, 3.8) is 0 Å². The van der Waals surface area contributed by atoms with Gasteiger partial charge in [0, 0.05) is 31.9 Å². The van der Waals surface area contributed by atoms with E-state index < -0.39 is 17.8 Å². The van der Waals surface area contributed by atoms with Gasteiger partial charge in [-0.05, 0) is 23.8 Å². The Kier molecular flexibility index (Phi) is 5.18. The minimum Gasteiger partial charge on any atom is -0.368 e. The first-order valence-electron chi connectivity index (χ1n) is 8.38. The van der Waals surface area contributed by atoms with Gasteiger partial charge >= 0.3 is 6.18 Å². The molecule has 0 aliphatic carbocycles. The zero-order valence-electron chi connectivity index (χ0n) is 14.1. The van der Waals surface area contributed by atoms with Crippen LogP contribution < -0.4 is 10.6 Å². The summed E-state index contributed by atoms with van der Waals surface area (Å²) in [4.78, 5) is 16.1. The summed E-state index contributed by atoms with van der Waals surface area (Å²) in [6.45, 7) is 1.79. The van der Waals surface area contributed by atoms with Gasteiger partial charge in [0.25, 0.3) is 0 Å². The van der Waals surface area contributed by atoms with Crippen LogP contribution in [0.15, 0.2) is 54.6 Å². The highest BCUT2D eigenvalue weighted by Gasteiger charge is 2.31. The van der Waals surface area contributed by atoms with E-state index in [0.29, 0.717) is 31.9 Å². The summed E-state index contributed by atoms with van der Waals surface area (Å²) in [5, 5.41) is 0. The molecule has 1 aliphatic heterocycles. The SMILES string of the molecule is NC(C(=O)N1CCN(c2cccc(C(F)(F)F)c2)CC1)c1ccccc1. The number of piperazine rings is 1. The predicted octanol–water partition coefficient (Wildman–Crippen LogP) is 3.05. The molecule has 1 atom stereocenters. The summed E-state index contributed by atoms with van der Waals surface area (Å²) >= 11 is 0. The number of anilines is 1. The lowest BCUT2D eigenvalue weighted by Crippen LogP contribution is -2.51. The lowest BCUT2D eigenvalue weighted by molar-refractivity contribution is -0.137. The summed E-state index contributed by atoms with van der Waals surface area (Å²) < 4.78 is 38.6. The molecule has 1 amide bonds. The van der Waals surface area contributed by atoms with E-state index in [1.165, 1.54) is 6.07 Å². The highest BCUT2D eigenvalue weighted by molar-refractivity contribution is 5.83. The summed E-state index contributed by atoms with van der Waals surface area (Å²) in [6, 6.07) is 13.7. The Bertz CT molecular complexity index is 756. The number of benzene rings is 2. The second kappa shape index (κ2) is 7.37. The molecule has 0 spiro atoms. The van der Waals surface area contributed by atoms with Crippen LogP contribution in [0.3, 0.4) is 0 Å². The number of alkyl halides is 3. The monoisotopic (exact) mass is 363 g/mol. The number of nitrogens with zero attached hydrogens (tertiary/aromatic N) is 2. The van der Waals surface area contributed by atoms with Gasteiger partial charge in [0.15, 0.2) is 0 Å². The number of carbonyl (C=O) groups excluding carboxylic acids is 1. The van der Waals surface area contributed by atoms with E-state index in [9.17, 15) is 18.0 Å². The van der Waals surface area contributed by atoms with E-state index in [1.807, 2.05) is 23.1 Å². The third kappa shape index (κ3) is 3.99. The second-order valence-electron chi connectivity index (χ2n) is 6.25. The highest BCUT2D eigenvalue weighted by atomic mass is 19.4. The average Bonchev–Trinajstić information content (AvgIpc) is 2.67. The minimum absolute atomic E-state index is 0.167. The molecule has 138 valence electrons. The van der Waals surface area contributed by atoms with Crippen LogP contribution in [0.5, 0.6) is 0 Å². The van der Waals surface area contributed by atoms with Crippen LogP contribution in [-0.2, 0) is 11.0 Å². The maximum atomic E-state index is 12.9. The van der Waals surface area contributed by atoms with Crippen molar-refractivity contribution in [2.24, 2.45) is 5.73 Å². The lowest BCUT2D eigenvalue weighted by Gasteiger charge is -2.37. The molecule has 0 radical (unpaired) electrons. The van der Waals surface area contributed by atoms with Gasteiger partial charge in [-0.25, -0.2) is 0 Å². The van der Waals surface area contributed by atoms with Crippen molar-refractivity contribution in [1.29, 1.82) is 0 Å². The quantitative estimate of drug-likeness (QED) is 0.912. The molecule has 0 aromatic heterocycles. The molecule has 1 heterocycles. The maximum Gasteiger partial charge on any atom is 0.416 e. The Morgan fingerprint density at radius 2 is 1.62 bits per heavy atom. The van der Waals surface area contributed by atoms with Crippen molar-refractivity contribution in [3.8, 4) is 0 Å². The zero-order chi connectivity index (χ0) is 18.7. The fraction of sp³-hybridized carbons (Fsp3) is 0.316. The third-order valence-electron chi connectivity index (χ3n) is 4.55. The van der Waals surface area contributed by atoms with Crippen LogP contribution in [-0.4, -0.2) is 37.0 Å². The van der Waals surface area contributed by atoms with Crippen molar-refractivity contribution in [1.82, 2.24) is 4.90 Å². The molecule has 4 nitrogen and oxygen atoms in total. The fourth-order valence-electron chi connectivity index (χ4n) is 3.06. The van der Waals surface area contributed by atoms with Crippen LogP contribution in [0.25, 0.3) is 0 Å². The minimum atomic E-state index is -4.36. The van der Waals surface area contributed by atoms with Crippen LogP contribution in [0.4, 0.5) is 18.9 Å². The van der Waals surface area contributed by atoms with E-state index in [1.54, 1.807) is 23.1 Å². The molecular weight excluding hydrogens is 343 g/mol. The van der Waals surface area contributed by atoms with Crippen molar-refractivity contribution in [3.05, 3.63) is 65.7 Å². The Morgan fingerprint density at radius 1 is 0.962 bits per heavy atom. The number of hydrogen-bond donors (Lipinski definition) is 1. The molecule has 26 heavy (non-hydrogen) atoms. The molecule has 1 unspecified atom stereocenters. The topological polar surface area (TPSA) is 49.6 Å². The molecule has 2 N–H and O–H groups in total. The first-order valence-corrected chi connectivity index (χ1v) is 8.38. The Morgan fingerprint density at radius 3 is 2.23 bits per heavy atom. The largest absolute Gasteiger partial charge is 0.416 e. The molecule has 2 aromatic rings. The van der Waals surface area contributed by atoms with Crippen molar-refractivity contribution in [2.45, 2.75) is 12.2 Å². The fourth-order valence-corrected chi connectivity index (χ4v) is 3.06. The summed E-state index contributed by atoms with van der Waals surface area (Å²) in [5.74, 6) is -0.167. The van der Waals surface area contributed by atoms with Crippen LogP contribution in [0, 0.1) is 0 Å². The van der Waals surface area contributed by atoms with Gasteiger partial charge in [0.1, 0.15) is 6.04 Å². The molecule has 0 saturated carbocycles. The Balaban J connectivity index is 1.63. The predicted molar refractivity (Wildman–Crippen MR) is 93.6 cm³/mol. The second-order valence-corrected chi connectivity index (χ2v) is 6.25. The van der Waals surface area contributed by atoms with E-state index in [2.05, 4.69) is 0 Å². The summed E-state index contributed by atoms with van der Waals surface area (Å²) in [6.07, 6.45) is -4.36. The Labute approximate surface area is 150 Å². The first kappa shape index (κ1) is 18.3. The molecular formula is C19H20F3N3O. The molecule has 7 heteroatoms. The summed E-state index contributed by atoms with van der Waals surface area (Å²) in [7, 11) is 0. The van der Waals surface area contributed by atoms with Crippen LogP contribution >= 0.6 is 0 Å². The number of halogens is 3. The maximum absolute atomic E-state index is 12.9. The lowest BCUT2D eigenvalue weighted by atomic mass is 10.1. The van der Waals surface area contributed by atoms with Gasteiger partial charge in [-0.15, -0.1) is 0 Å².